The molecule has 1 heterocycles. The fourth-order valence-electron chi connectivity index (χ4n) is 1.80. The molecule has 0 unspecified atom stereocenters. The van der Waals surface area contributed by atoms with Gasteiger partial charge in [0.15, 0.2) is 0 Å². The fraction of sp³-hybridized carbons (Fsp3) is 0.333. The van der Waals surface area contributed by atoms with Gasteiger partial charge in [-0.15, -0.1) is 0 Å². The van der Waals surface area contributed by atoms with Crippen molar-refractivity contribution in [2.45, 2.75) is 13.0 Å². The summed E-state index contributed by atoms with van der Waals surface area (Å²) in [5, 5.41) is 0. The van der Waals surface area contributed by atoms with E-state index in [0.717, 1.165) is 5.56 Å². The summed E-state index contributed by atoms with van der Waals surface area (Å²) in [6.07, 6.45) is 0. The fourth-order valence-corrected chi connectivity index (χ4v) is 1.80. The first-order chi connectivity index (χ1) is 7.70. The van der Waals surface area contributed by atoms with Gasteiger partial charge in [-0.3, -0.25) is 4.79 Å². The third kappa shape index (κ3) is 1.91. The van der Waals surface area contributed by atoms with Gasteiger partial charge in [0.2, 0.25) is 0 Å². The molecule has 0 saturated carbocycles. The summed E-state index contributed by atoms with van der Waals surface area (Å²) in [6.45, 7) is 2.65. The summed E-state index contributed by atoms with van der Waals surface area (Å²) in [5.41, 5.74) is 1.02. The van der Waals surface area contributed by atoms with Crippen molar-refractivity contribution in [1.29, 1.82) is 0 Å². The van der Waals surface area contributed by atoms with Crippen LogP contribution in [0.25, 0.3) is 0 Å². The minimum Gasteiger partial charge on any atom is -0.457 e. The standard InChI is InChI=1S/C12H13NO3/c1-9(10-5-3-2-4-6-10)13-7-8-16-12(15)11(13)14/h2-6,9H,7-8H2,1H3/t9-/m1/s1. The highest BCUT2D eigenvalue weighted by atomic mass is 16.5. The Morgan fingerprint density at radius 3 is 2.62 bits per heavy atom. The molecule has 2 rings (SSSR count). The zero-order chi connectivity index (χ0) is 11.5. The monoisotopic (exact) mass is 219 g/mol. The Bertz CT molecular complexity index is 402. The number of cyclic esters (lactones) is 1. The molecule has 0 spiro atoms. The Hall–Kier alpha value is -1.84. The van der Waals surface area contributed by atoms with Crippen LogP contribution in [0.15, 0.2) is 30.3 Å². The van der Waals surface area contributed by atoms with Crippen LogP contribution in [0, 0.1) is 0 Å². The van der Waals surface area contributed by atoms with Gasteiger partial charge < -0.3 is 9.64 Å². The molecule has 1 aromatic rings. The second-order valence-corrected chi connectivity index (χ2v) is 3.72. The molecule has 1 aliphatic heterocycles. The van der Waals surface area contributed by atoms with Crippen LogP contribution in [0.5, 0.6) is 0 Å². The van der Waals surface area contributed by atoms with Crippen molar-refractivity contribution in [3.8, 4) is 0 Å². The number of carbonyl (C=O) groups is 2. The third-order valence-electron chi connectivity index (χ3n) is 2.75. The zero-order valence-electron chi connectivity index (χ0n) is 9.05. The average Bonchev–Trinajstić information content (AvgIpc) is 2.33. The molecule has 4 nitrogen and oxygen atoms in total. The molecule has 1 saturated heterocycles. The number of morpholine rings is 1. The van der Waals surface area contributed by atoms with Crippen molar-refractivity contribution < 1.29 is 14.3 Å². The Morgan fingerprint density at radius 2 is 1.94 bits per heavy atom. The van der Waals surface area contributed by atoms with E-state index in [1.807, 2.05) is 37.3 Å². The highest BCUT2D eigenvalue weighted by Gasteiger charge is 2.31. The lowest BCUT2D eigenvalue weighted by molar-refractivity contribution is -0.168. The van der Waals surface area contributed by atoms with Crippen molar-refractivity contribution >= 4 is 11.9 Å². The van der Waals surface area contributed by atoms with Gasteiger partial charge in [-0.2, -0.15) is 0 Å². The Morgan fingerprint density at radius 1 is 1.25 bits per heavy atom. The lowest BCUT2D eigenvalue weighted by atomic mass is 10.1. The van der Waals surface area contributed by atoms with Crippen LogP contribution >= 0.6 is 0 Å². The lowest BCUT2D eigenvalue weighted by Crippen LogP contribution is -2.46. The van der Waals surface area contributed by atoms with Crippen molar-refractivity contribution in [2.75, 3.05) is 13.2 Å². The van der Waals surface area contributed by atoms with Crippen LogP contribution < -0.4 is 0 Å². The third-order valence-corrected chi connectivity index (χ3v) is 2.75. The predicted octanol–water partition coefficient (Wildman–Crippen LogP) is 1.13. The SMILES string of the molecule is C[C@H](c1ccccc1)N1CCOC(=O)C1=O. The van der Waals surface area contributed by atoms with Gasteiger partial charge in [-0.1, -0.05) is 30.3 Å². The summed E-state index contributed by atoms with van der Waals surface area (Å²) < 4.78 is 4.68. The molecule has 1 amide bonds. The van der Waals surface area contributed by atoms with E-state index in [-0.39, 0.29) is 12.6 Å². The number of esters is 1. The first-order valence-corrected chi connectivity index (χ1v) is 5.23. The van der Waals surface area contributed by atoms with Gasteiger partial charge in [0.05, 0.1) is 12.6 Å². The molecular formula is C12H13NO3. The Balaban J connectivity index is 2.18. The minimum absolute atomic E-state index is 0.0958. The Labute approximate surface area is 93.8 Å². The number of amides is 1. The molecule has 0 N–H and O–H groups in total. The van der Waals surface area contributed by atoms with E-state index in [4.69, 9.17) is 0 Å². The molecule has 84 valence electrons. The molecule has 0 aromatic heterocycles. The second-order valence-electron chi connectivity index (χ2n) is 3.72. The number of rotatable bonds is 2. The van der Waals surface area contributed by atoms with Crippen LogP contribution in [0.1, 0.15) is 18.5 Å². The molecule has 0 bridgehead atoms. The molecular weight excluding hydrogens is 206 g/mol. The van der Waals surface area contributed by atoms with Crippen molar-refractivity contribution in [3.63, 3.8) is 0 Å². The number of nitrogens with zero attached hydrogens (tertiary/aromatic N) is 1. The van der Waals surface area contributed by atoms with E-state index in [9.17, 15) is 9.59 Å². The van der Waals surface area contributed by atoms with Crippen LogP contribution in [0.2, 0.25) is 0 Å². The van der Waals surface area contributed by atoms with E-state index < -0.39 is 11.9 Å². The topological polar surface area (TPSA) is 46.6 Å². The van der Waals surface area contributed by atoms with E-state index in [2.05, 4.69) is 4.74 Å². The first-order valence-electron chi connectivity index (χ1n) is 5.23. The number of carbonyl (C=O) groups excluding carboxylic acids is 2. The zero-order valence-corrected chi connectivity index (χ0v) is 9.05. The molecule has 1 aliphatic rings. The van der Waals surface area contributed by atoms with Gasteiger partial charge in [0, 0.05) is 0 Å². The van der Waals surface area contributed by atoms with E-state index >= 15 is 0 Å². The molecule has 0 aliphatic carbocycles. The van der Waals surface area contributed by atoms with Gasteiger partial charge in [0.25, 0.3) is 0 Å². The van der Waals surface area contributed by atoms with Gasteiger partial charge in [-0.25, -0.2) is 4.79 Å². The summed E-state index contributed by atoms with van der Waals surface area (Å²) in [6, 6.07) is 9.54. The first kappa shape index (κ1) is 10.7. The molecule has 1 atom stereocenters. The molecule has 0 radical (unpaired) electrons. The minimum atomic E-state index is -0.756. The quantitative estimate of drug-likeness (QED) is 0.553. The maximum absolute atomic E-state index is 11.6. The van der Waals surface area contributed by atoms with Crippen molar-refractivity contribution in [2.24, 2.45) is 0 Å². The lowest BCUT2D eigenvalue weighted by Gasteiger charge is -2.31. The molecule has 4 heteroatoms. The average molecular weight is 219 g/mol. The predicted molar refractivity (Wildman–Crippen MR) is 57.5 cm³/mol. The summed E-state index contributed by atoms with van der Waals surface area (Å²) >= 11 is 0. The summed E-state index contributed by atoms with van der Waals surface area (Å²) in [7, 11) is 0. The van der Waals surface area contributed by atoms with Crippen LogP contribution in [0.3, 0.4) is 0 Å². The molecule has 1 fully saturated rings. The van der Waals surface area contributed by atoms with Gasteiger partial charge in [0.1, 0.15) is 6.61 Å². The number of hydrogen-bond donors (Lipinski definition) is 0. The largest absolute Gasteiger partial charge is 0.457 e. The van der Waals surface area contributed by atoms with E-state index in [1.165, 1.54) is 0 Å². The highest BCUT2D eigenvalue weighted by molar-refractivity contribution is 6.32. The van der Waals surface area contributed by atoms with Crippen molar-refractivity contribution in [3.05, 3.63) is 35.9 Å². The van der Waals surface area contributed by atoms with Crippen molar-refractivity contribution in [1.82, 2.24) is 4.90 Å². The maximum Gasteiger partial charge on any atom is 0.397 e. The summed E-state index contributed by atoms with van der Waals surface area (Å²) in [5.74, 6) is -1.31. The van der Waals surface area contributed by atoms with Crippen LogP contribution in [-0.4, -0.2) is 29.9 Å². The molecule has 1 aromatic carbocycles. The molecule has 16 heavy (non-hydrogen) atoms. The second kappa shape index (κ2) is 4.35. The smallest absolute Gasteiger partial charge is 0.397 e. The summed E-state index contributed by atoms with van der Waals surface area (Å²) in [4.78, 5) is 24.3. The van der Waals surface area contributed by atoms with E-state index in [0.29, 0.717) is 6.54 Å². The Kier molecular flexibility index (Phi) is 2.90. The number of benzene rings is 1. The number of ether oxygens (including phenoxy) is 1. The number of hydrogen-bond acceptors (Lipinski definition) is 3. The van der Waals surface area contributed by atoms with Crippen LogP contribution in [0.4, 0.5) is 0 Å². The van der Waals surface area contributed by atoms with Crippen LogP contribution in [-0.2, 0) is 14.3 Å². The van der Waals surface area contributed by atoms with Gasteiger partial charge >= 0.3 is 11.9 Å². The van der Waals surface area contributed by atoms with Gasteiger partial charge in [-0.05, 0) is 12.5 Å². The normalized spacial score (nSPS) is 18.2. The highest BCUT2D eigenvalue weighted by Crippen LogP contribution is 2.21. The van der Waals surface area contributed by atoms with E-state index in [1.54, 1.807) is 4.90 Å². The maximum atomic E-state index is 11.6.